The highest BCUT2D eigenvalue weighted by atomic mass is 35.5. The first-order valence-electron chi connectivity index (χ1n) is 13.9. The van der Waals surface area contributed by atoms with Crippen LogP contribution in [0.2, 0.25) is 5.02 Å². The fourth-order valence-corrected chi connectivity index (χ4v) is 8.61. The number of thioether (sulfide) groups is 1. The molecule has 6 rings (SSSR count). The van der Waals surface area contributed by atoms with E-state index in [2.05, 4.69) is 12.2 Å². The van der Waals surface area contributed by atoms with Crippen molar-refractivity contribution in [2.75, 3.05) is 17.7 Å². The van der Waals surface area contributed by atoms with Gasteiger partial charge in [0.05, 0.1) is 29.0 Å². The Labute approximate surface area is 265 Å². The first-order chi connectivity index (χ1) is 20.8. The fraction of sp³-hybridized carbons (Fsp3) is 0.250. The first kappa shape index (κ1) is 29.6. The number of hydrogen-bond donors (Lipinski definition) is 1. The Kier molecular flexibility index (Phi) is 8.72. The summed E-state index contributed by atoms with van der Waals surface area (Å²) in [4.78, 5) is 46.8. The number of ether oxygens (including phenoxy) is 1. The zero-order valence-electron chi connectivity index (χ0n) is 23.5. The molecule has 2 aromatic carbocycles. The number of nitrogens with zero attached hydrogens (tertiary/aromatic N) is 2. The Bertz CT molecular complexity index is 1880. The van der Waals surface area contributed by atoms with Gasteiger partial charge in [-0.2, -0.15) is 0 Å². The van der Waals surface area contributed by atoms with E-state index < -0.39 is 5.97 Å². The van der Waals surface area contributed by atoms with Crippen molar-refractivity contribution in [3.63, 3.8) is 0 Å². The molecule has 0 saturated carbocycles. The molecule has 0 radical (unpaired) electrons. The Morgan fingerprint density at radius 1 is 1.16 bits per heavy atom. The van der Waals surface area contributed by atoms with E-state index in [0.717, 1.165) is 40.8 Å². The molecule has 0 saturated heterocycles. The lowest BCUT2D eigenvalue weighted by Crippen LogP contribution is -2.23. The van der Waals surface area contributed by atoms with Crippen LogP contribution in [0, 0.1) is 5.92 Å². The van der Waals surface area contributed by atoms with E-state index in [0.29, 0.717) is 42.6 Å². The van der Waals surface area contributed by atoms with Crippen molar-refractivity contribution >= 4 is 73.1 Å². The number of anilines is 1. The number of esters is 1. The minimum atomic E-state index is -0.406. The molecule has 1 amide bonds. The standard InChI is InChI=1S/C32H28ClN3O4S3/c1-3-40-31(39)27-22-14-9-18(2)15-24(22)43-29(27)34-25(37)17-42-32-35-28-26(30(38)36(32)21-7-5-4-6-8-21)23(16-41-28)19-10-12-20(33)13-11-19/h4-8,10-13,16,18H,3,9,14-15,17H2,1-2H3,(H,34,37). The molecule has 1 N–H and O–H groups in total. The van der Waals surface area contributed by atoms with E-state index >= 15 is 0 Å². The maximum absolute atomic E-state index is 14.1. The molecule has 3 aromatic heterocycles. The predicted octanol–water partition coefficient (Wildman–Crippen LogP) is 7.86. The smallest absolute Gasteiger partial charge is 0.341 e. The molecule has 1 aliphatic rings. The molecule has 0 aliphatic heterocycles. The third-order valence-corrected chi connectivity index (χ3v) is 10.6. The molecule has 1 unspecified atom stereocenters. The summed E-state index contributed by atoms with van der Waals surface area (Å²) in [5, 5.41) is 6.96. The maximum Gasteiger partial charge on any atom is 0.341 e. The maximum atomic E-state index is 14.1. The molecular formula is C32H28ClN3O4S3. The number of amides is 1. The van der Waals surface area contributed by atoms with E-state index in [-0.39, 0.29) is 23.8 Å². The normalized spacial score (nSPS) is 14.4. The number of para-hydroxylation sites is 1. The number of thiophene rings is 2. The zero-order valence-corrected chi connectivity index (χ0v) is 26.7. The van der Waals surface area contributed by atoms with Crippen molar-refractivity contribution in [2.45, 2.75) is 38.3 Å². The lowest BCUT2D eigenvalue weighted by atomic mass is 9.88. The van der Waals surface area contributed by atoms with Crippen molar-refractivity contribution in [2.24, 2.45) is 5.92 Å². The van der Waals surface area contributed by atoms with Crippen LogP contribution in [0.4, 0.5) is 5.00 Å². The van der Waals surface area contributed by atoms with E-state index in [4.69, 9.17) is 21.3 Å². The van der Waals surface area contributed by atoms with Crippen molar-refractivity contribution < 1.29 is 14.3 Å². The first-order valence-corrected chi connectivity index (χ1v) is 17.0. The third-order valence-electron chi connectivity index (χ3n) is 7.32. The van der Waals surface area contributed by atoms with Gasteiger partial charge >= 0.3 is 5.97 Å². The van der Waals surface area contributed by atoms with E-state index in [1.807, 2.05) is 47.8 Å². The quantitative estimate of drug-likeness (QED) is 0.105. The zero-order chi connectivity index (χ0) is 30.1. The van der Waals surface area contributed by atoms with Crippen LogP contribution in [0.25, 0.3) is 27.0 Å². The van der Waals surface area contributed by atoms with Crippen LogP contribution in [0.5, 0.6) is 0 Å². The lowest BCUT2D eigenvalue weighted by molar-refractivity contribution is -0.113. The Morgan fingerprint density at radius 3 is 2.67 bits per heavy atom. The number of fused-ring (bicyclic) bond motifs is 2. The largest absolute Gasteiger partial charge is 0.462 e. The summed E-state index contributed by atoms with van der Waals surface area (Å²) < 4.78 is 6.90. The number of carbonyl (C=O) groups excluding carboxylic acids is 2. The highest BCUT2D eigenvalue weighted by Crippen LogP contribution is 2.40. The Hall–Kier alpha value is -3.44. The average molecular weight is 650 g/mol. The van der Waals surface area contributed by atoms with Crippen LogP contribution in [0.3, 0.4) is 0 Å². The van der Waals surface area contributed by atoms with Gasteiger partial charge in [-0.25, -0.2) is 9.78 Å². The van der Waals surface area contributed by atoms with Gasteiger partial charge in [0, 0.05) is 20.8 Å². The summed E-state index contributed by atoms with van der Waals surface area (Å²) in [6.45, 7) is 4.23. The van der Waals surface area contributed by atoms with Gasteiger partial charge in [-0.05, 0) is 67.5 Å². The Balaban J connectivity index is 1.32. The molecule has 220 valence electrons. The number of rotatable bonds is 8. The molecule has 0 fully saturated rings. The van der Waals surface area contributed by atoms with Gasteiger partial charge in [-0.3, -0.25) is 14.2 Å². The number of benzene rings is 2. The number of aromatic nitrogens is 2. The summed E-state index contributed by atoms with van der Waals surface area (Å²) in [5.74, 6) is -0.170. The van der Waals surface area contributed by atoms with Crippen molar-refractivity contribution in [3.05, 3.63) is 91.4 Å². The second-order valence-electron chi connectivity index (χ2n) is 10.3. The molecule has 0 bridgehead atoms. The van der Waals surface area contributed by atoms with Crippen LogP contribution in [0.15, 0.2) is 69.9 Å². The van der Waals surface area contributed by atoms with E-state index in [1.165, 1.54) is 34.4 Å². The molecule has 0 spiro atoms. The topological polar surface area (TPSA) is 90.3 Å². The molecule has 43 heavy (non-hydrogen) atoms. The molecule has 5 aromatic rings. The molecular weight excluding hydrogens is 622 g/mol. The summed E-state index contributed by atoms with van der Waals surface area (Å²) in [6.07, 6.45) is 2.66. The molecule has 11 heteroatoms. The van der Waals surface area contributed by atoms with Gasteiger partial charge in [0.25, 0.3) is 5.56 Å². The summed E-state index contributed by atoms with van der Waals surface area (Å²) >= 11 is 10.1. The van der Waals surface area contributed by atoms with Gasteiger partial charge < -0.3 is 10.1 Å². The van der Waals surface area contributed by atoms with Crippen molar-refractivity contribution in [3.8, 4) is 16.8 Å². The number of halogens is 1. The molecule has 3 heterocycles. The SMILES string of the molecule is CCOC(=O)c1c(NC(=O)CSc2nc3scc(-c4ccc(Cl)cc4)c3c(=O)n2-c2ccccc2)sc2c1CCC(C)C2. The van der Waals surface area contributed by atoms with Gasteiger partial charge in [0.1, 0.15) is 9.83 Å². The van der Waals surface area contributed by atoms with E-state index in [9.17, 15) is 14.4 Å². The van der Waals surface area contributed by atoms with Gasteiger partial charge in [0.2, 0.25) is 5.91 Å². The van der Waals surface area contributed by atoms with Crippen molar-refractivity contribution in [1.82, 2.24) is 9.55 Å². The van der Waals surface area contributed by atoms with Crippen LogP contribution in [0.1, 0.15) is 41.1 Å². The van der Waals surface area contributed by atoms with E-state index in [1.54, 1.807) is 23.6 Å². The van der Waals surface area contributed by atoms with Crippen molar-refractivity contribution in [1.29, 1.82) is 0 Å². The van der Waals surface area contributed by atoms with Crippen LogP contribution in [-0.2, 0) is 22.4 Å². The number of nitrogens with one attached hydrogen (secondary N) is 1. The summed E-state index contributed by atoms with van der Waals surface area (Å²) in [6, 6.07) is 16.6. The van der Waals surface area contributed by atoms with Crippen LogP contribution in [-0.4, -0.2) is 33.8 Å². The average Bonchev–Trinajstić information content (AvgIpc) is 3.58. The monoisotopic (exact) mass is 649 g/mol. The number of carbonyl (C=O) groups is 2. The Morgan fingerprint density at radius 2 is 1.93 bits per heavy atom. The summed E-state index contributed by atoms with van der Waals surface area (Å²) in [7, 11) is 0. The van der Waals surface area contributed by atoms with Crippen LogP contribution >= 0.6 is 46.0 Å². The lowest BCUT2D eigenvalue weighted by Gasteiger charge is -2.18. The minimum absolute atomic E-state index is 0.00142. The molecule has 1 atom stereocenters. The highest BCUT2D eigenvalue weighted by molar-refractivity contribution is 7.99. The second kappa shape index (κ2) is 12.7. The molecule has 1 aliphatic carbocycles. The molecule has 7 nitrogen and oxygen atoms in total. The number of hydrogen-bond acceptors (Lipinski definition) is 8. The van der Waals surface area contributed by atoms with Gasteiger partial charge in [0.15, 0.2) is 5.16 Å². The minimum Gasteiger partial charge on any atom is -0.462 e. The highest BCUT2D eigenvalue weighted by Gasteiger charge is 2.29. The van der Waals surface area contributed by atoms with Gasteiger partial charge in [-0.1, -0.05) is 60.6 Å². The fourth-order valence-electron chi connectivity index (χ4n) is 5.27. The van der Waals surface area contributed by atoms with Gasteiger partial charge in [-0.15, -0.1) is 22.7 Å². The predicted molar refractivity (Wildman–Crippen MR) is 176 cm³/mol. The van der Waals surface area contributed by atoms with Crippen LogP contribution < -0.4 is 10.9 Å². The summed E-state index contributed by atoms with van der Waals surface area (Å²) in [5.41, 5.74) is 3.57. The second-order valence-corrected chi connectivity index (χ2v) is 13.7. The third kappa shape index (κ3) is 6.02.